The zero-order valence-corrected chi connectivity index (χ0v) is 15.2. The van der Waals surface area contributed by atoms with Crippen molar-refractivity contribution in [2.75, 3.05) is 26.2 Å². The highest BCUT2D eigenvalue weighted by Gasteiger charge is 2.32. The molecule has 2 aliphatic heterocycles. The normalized spacial score (nSPS) is 24.2. The maximum atomic E-state index is 13.0. The van der Waals surface area contributed by atoms with Crippen LogP contribution in [0.2, 0.25) is 0 Å². The van der Waals surface area contributed by atoms with Crippen molar-refractivity contribution in [3.05, 3.63) is 29.3 Å². The molecule has 5 heteroatoms. The predicted octanol–water partition coefficient (Wildman–Crippen LogP) is 2.81. The van der Waals surface area contributed by atoms with Gasteiger partial charge in [0.15, 0.2) is 0 Å². The predicted molar refractivity (Wildman–Crippen MR) is 95.7 cm³/mol. The summed E-state index contributed by atoms with van der Waals surface area (Å²) in [4.78, 5) is 3.09. The lowest BCUT2D eigenvalue weighted by atomic mass is 10.0. The second-order valence-electron chi connectivity index (χ2n) is 7.52. The first-order valence-electron chi connectivity index (χ1n) is 9.50. The Morgan fingerprint density at radius 2 is 1.54 bits per heavy atom. The molecule has 1 aromatic carbocycles. The Labute approximate surface area is 145 Å². The van der Waals surface area contributed by atoms with Crippen LogP contribution in [0.15, 0.2) is 23.1 Å². The smallest absolute Gasteiger partial charge is 0.243 e. The van der Waals surface area contributed by atoms with Crippen LogP contribution in [-0.2, 0) is 22.9 Å². The van der Waals surface area contributed by atoms with Crippen molar-refractivity contribution in [3.63, 3.8) is 0 Å². The summed E-state index contributed by atoms with van der Waals surface area (Å²) < 4.78 is 27.7. The van der Waals surface area contributed by atoms with Gasteiger partial charge in [-0.25, -0.2) is 8.42 Å². The van der Waals surface area contributed by atoms with Gasteiger partial charge in [-0.3, -0.25) is 0 Å². The molecule has 0 atom stereocenters. The number of hydrogen-bond donors (Lipinski definition) is 0. The van der Waals surface area contributed by atoms with Gasteiger partial charge in [0.1, 0.15) is 0 Å². The zero-order valence-electron chi connectivity index (χ0n) is 14.4. The van der Waals surface area contributed by atoms with Gasteiger partial charge in [-0.1, -0.05) is 12.5 Å². The third-order valence-electron chi connectivity index (χ3n) is 6.04. The number of rotatable bonds is 3. The standard InChI is InChI=1S/C19H28N2O2S/c22-24(23,19-8-7-16-5-4-6-17(16)15-19)21-13-9-18(10-14-21)20-11-2-1-3-12-20/h7-8,15,18H,1-6,9-14H2. The molecule has 0 radical (unpaired) electrons. The molecule has 0 N–H and O–H groups in total. The third kappa shape index (κ3) is 3.14. The zero-order chi connectivity index (χ0) is 16.6. The fraction of sp³-hybridized carbons (Fsp3) is 0.684. The first-order valence-corrected chi connectivity index (χ1v) is 10.9. The van der Waals surface area contributed by atoms with Gasteiger partial charge < -0.3 is 4.90 Å². The lowest BCUT2D eigenvalue weighted by Gasteiger charge is -2.39. The Bertz CT molecular complexity index is 687. The Hall–Kier alpha value is -0.910. The summed E-state index contributed by atoms with van der Waals surface area (Å²) in [6, 6.07) is 6.34. The maximum absolute atomic E-state index is 13.0. The van der Waals surface area contributed by atoms with Crippen molar-refractivity contribution in [2.24, 2.45) is 0 Å². The Morgan fingerprint density at radius 1 is 0.833 bits per heavy atom. The van der Waals surface area contributed by atoms with E-state index in [9.17, 15) is 8.42 Å². The van der Waals surface area contributed by atoms with Gasteiger partial charge in [0.25, 0.3) is 0 Å². The van der Waals surface area contributed by atoms with Crippen LogP contribution in [0.5, 0.6) is 0 Å². The van der Waals surface area contributed by atoms with E-state index >= 15 is 0 Å². The summed E-state index contributed by atoms with van der Waals surface area (Å²) in [5.41, 5.74) is 2.57. The van der Waals surface area contributed by atoms with Crippen LogP contribution in [0.3, 0.4) is 0 Å². The van der Waals surface area contributed by atoms with Gasteiger partial charge in [0, 0.05) is 19.1 Å². The van der Waals surface area contributed by atoms with Gasteiger partial charge in [0.2, 0.25) is 10.0 Å². The Morgan fingerprint density at radius 3 is 2.29 bits per heavy atom. The molecule has 4 rings (SSSR count). The molecule has 1 aromatic rings. The fourth-order valence-electron chi connectivity index (χ4n) is 4.59. The molecule has 4 nitrogen and oxygen atoms in total. The number of likely N-dealkylation sites (tertiary alicyclic amines) is 1. The molecule has 0 saturated carbocycles. The van der Waals surface area contributed by atoms with Gasteiger partial charge in [-0.15, -0.1) is 0 Å². The highest BCUT2D eigenvalue weighted by atomic mass is 32.2. The summed E-state index contributed by atoms with van der Waals surface area (Å²) in [5, 5.41) is 0. The van der Waals surface area contributed by atoms with Crippen molar-refractivity contribution >= 4 is 10.0 Å². The quantitative estimate of drug-likeness (QED) is 0.843. The molecular formula is C19H28N2O2S. The molecule has 2 fully saturated rings. The fourth-order valence-corrected chi connectivity index (χ4v) is 6.11. The highest BCUT2D eigenvalue weighted by molar-refractivity contribution is 7.89. The van der Waals surface area contributed by atoms with Gasteiger partial charge in [-0.2, -0.15) is 4.31 Å². The second-order valence-corrected chi connectivity index (χ2v) is 9.45. The van der Waals surface area contributed by atoms with E-state index in [-0.39, 0.29) is 0 Å². The van der Waals surface area contributed by atoms with Crippen molar-refractivity contribution in [2.45, 2.75) is 62.3 Å². The monoisotopic (exact) mass is 348 g/mol. The Kier molecular flexibility index (Phi) is 4.67. The van der Waals surface area contributed by atoms with Gasteiger partial charge in [0.05, 0.1) is 4.90 Å². The SMILES string of the molecule is O=S(=O)(c1ccc2c(c1)CCC2)N1CCC(N2CCCCC2)CC1. The third-order valence-corrected chi connectivity index (χ3v) is 7.93. The minimum absolute atomic E-state index is 0.500. The summed E-state index contributed by atoms with van der Waals surface area (Å²) in [5.74, 6) is 0. The molecule has 2 heterocycles. The molecule has 3 aliphatic rings. The number of aryl methyl sites for hydroxylation is 2. The van der Waals surface area contributed by atoms with Gasteiger partial charge >= 0.3 is 0 Å². The topological polar surface area (TPSA) is 40.6 Å². The van der Waals surface area contributed by atoms with E-state index in [1.807, 2.05) is 18.2 Å². The average molecular weight is 349 g/mol. The number of sulfonamides is 1. The van der Waals surface area contributed by atoms with Crippen molar-refractivity contribution in [1.29, 1.82) is 0 Å². The number of hydrogen-bond acceptors (Lipinski definition) is 3. The van der Waals surface area contributed by atoms with Gasteiger partial charge in [-0.05, 0) is 81.3 Å². The minimum Gasteiger partial charge on any atom is -0.300 e. The molecule has 132 valence electrons. The lowest BCUT2D eigenvalue weighted by Crippen LogP contribution is -2.48. The summed E-state index contributed by atoms with van der Waals surface area (Å²) >= 11 is 0. The molecule has 1 aliphatic carbocycles. The molecular weight excluding hydrogens is 320 g/mol. The van der Waals surface area contributed by atoms with Crippen LogP contribution in [0, 0.1) is 0 Å². The summed E-state index contributed by atoms with van der Waals surface area (Å²) in [6.07, 6.45) is 9.17. The van der Waals surface area contributed by atoms with E-state index in [1.54, 1.807) is 4.31 Å². The molecule has 2 saturated heterocycles. The molecule has 0 aromatic heterocycles. The average Bonchev–Trinajstić information content (AvgIpc) is 3.10. The van der Waals surface area contributed by atoms with Crippen LogP contribution < -0.4 is 0 Å². The van der Waals surface area contributed by atoms with E-state index in [2.05, 4.69) is 4.90 Å². The van der Waals surface area contributed by atoms with E-state index in [0.29, 0.717) is 24.0 Å². The number of piperidine rings is 2. The number of benzene rings is 1. The van der Waals surface area contributed by atoms with E-state index in [1.165, 1.54) is 43.5 Å². The van der Waals surface area contributed by atoms with E-state index < -0.39 is 10.0 Å². The molecule has 0 amide bonds. The largest absolute Gasteiger partial charge is 0.300 e. The van der Waals surface area contributed by atoms with Crippen molar-refractivity contribution < 1.29 is 8.42 Å². The number of fused-ring (bicyclic) bond motifs is 1. The molecule has 0 spiro atoms. The second kappa shape index (κ2) is 6.77. The Balaban J connectivity index is 1.44. The highest BCUT2D eigenvalue weighted by Crippen LogP contribution is 2.28. The van der Waals surface area contributed by atoms with Crippen molar-refractivity contribution in [1.82, 2.24) is 9.21 Å². The van der Waals surface area contributed by atoms with E-state index in [4.69, 9.17) is 0 Å². The van der Waals surface area contributed by atoms with Crippen LogP contribution in [0.1, 0.15) is 49.7 Å². The van der Waals surface area contributed by atoms with E-state index in [0.717, 1.165) is 32.1 Å². The summed E-state index contributed by atoms with van der Waals surface area (Å²) in [7, 11) is -3.32. The van der Waals surface area contributed by atoms with Crippen LogP contribution in [0.4, 0.5) is 0 Å². The molecule has 0 unspecified atom stereocenters. The van der Waals surface area contributed by atoms with Crippen molar-refractivity contribution in [3.8, 4) is 0 Å². The van der Waals surface area contributed by atoms with Crippen LogP contribution in [0.25, 0.3) is 0 Å². The minimum atomic E-state index is -3.32. The lowest BCUT2D eigenvalue weighted by molar-refractivity contribution is 0.118. The molecule has 24 heavy (non-hydrogen) atoms. The number of nitrogens with zero attached hydrogens (tertiary/aromatic N) is 2. The first-order chi connectivity index (χ1) is 11.6. The summed E-state index contributed by atoms with van der Waals surface area (Å²) in [6.45, 7) is 3.73. The molecule has 0 bridgehead atoms. The maximum Gasteiger partial charge on any atom is 0.243 e. The first kappa shape index (κ1) is 16.6. The van der Waals surface area contributed by atoms with Crippen LogP contribution >= 0.6 is 0 Å². The van der Waals surface area contributed by atoms with Crippen LogP contribution in [-0.4, -0.2) is 49.8 Å².